The van der Waals surface area contributed by atoms with Crippen molar-refractivity contribution in [2.45, 2.75) is 31.7 Å². The third-order valence-electron chi connectivity index (χ3n) is 4.67. The van der Waals surface area contributed by atoms with Crippen LogP contribution in [0, 0.1) is 0 Å². The van der Waals surface area contributed by atoms with Crippen molar-refractivity contribution >= 4 is 5.91 Å². The van der Waals surface area contributed by atoms with E-state index in [4.69, 9.17) is 9.47 Å². The van der Waals surface area contributed by atoms with Crippen LogP contribution < -0.4 is 4.74 Å². The van der Waals surface area contributed by atoms with Crippen molar-refractivity contribution in [3.8, 4) is 5.75 Å². The second-order valence-electron chi connectivity index (χ2n) is 6.66. The highest BCUT2D eigenvalue weighted by Crippen LogP contribution is 2.26. The molecule has 26 heavy (non-hydrogen) atoms. The minimum absolute atomic E-state index is 0.00999. The molecule has 2 saturated heterocycles. The van der Waals surface area contributed by atoms with Crippen LogP contribution in [-0.4, -0.2) is 67.4 Å². The Kier molecular flexibility index (Phi) is 6.03. The zero-order valence-electron chi connectivity index (χ0n) is 14.5. The first-order chi connectivity index (χ1) is 12.4. The van der Waals surface area contributed by atoms with Gasteiger partial charge in [0, 0.05) is 32.7 Å². The summed E-state index contributed by atoms with van der Waals surface area (Å²) in [5.74, 6) is 0.564. The molecule has 0 aromatic heterocycles. The minimum atomic E-state index is -4.34. The molecule has 0 spiro atoms. The van der Waals surface area contributed by atoms with E-state index in [0.29, 0.717) is 18.8 Å². The van der Waals surface area contributed by atoms with Crippen molar-refractivity contribution in [2.24, 2.45) is 0 Å². The zero-order chi connectivity index (χ0) is 18.6. The fourth-order valence-corrected chi connectivity index (χ4v) is 3.20. The molecule has 0 saturated carbocycles. The third kappa shape index (κ3) is 5.11. The quantitative estimate of drug-likeness (QED) is 0.796. The lowest BCUT2D eigenvalue weighted by atomic mass is 10.2. The fourth-order valence-electron chi connectivity index (χ4n) is 3.20. The van der Waals surface area contributed by atoms with Gasteiger partial charge in [0.15, 0.2) is 12.7 Å². The molecule has 2 fully saturated rings. The van der Waals surface area contributed by atoms with E-state index in [1.54, 1.807) is 21.9 Å². The minimum Gasteiger partial charge on any atom is -0.484 e. The predicted octanol–water partition coefficient (Wildman–Crippen LogP) is 2.45. The lowest BCUT2D eigenvalue weighted by molar-refractivity contribution is -0.237. The first-order valence-corrected chi connectivity index (χ1v) is 8.82. The molecular weight excluding hydrogens is 349 g/mol. The van der Waals surface area contributed by atoms with Gasteiger partial charge in [-0.15, -0.1) is 0 Å². The molecule has 0 aliphatic carbocycles. The number of likely N-dealkylation sites (tertiary alicyclic amines) is 1. The molecule has 3 rings (SSSR count). The number of hydrogen-bond acceptors (Lipinski definition) is 4. The van der Waals surface area contributed by atoms with Gasteiger partial charge in [0.25, 0.3) is 5.91 Å². The van der Waals surface area contributed by atoms with Gasteiger partial charge in [-0.25, -0.2) is 0 Å². The Morgan fingerprint density at radius 2 is 1.85 bits per heavy atom. The van der Waals surface area contributed by atoms with Crippen LogP contribution in [0.25, 0.3) is 0 Å². The molecule has 5 nitrogen and oxygen atoms in total. The first-order valence-electron chi connectivity index (χ1n) is 8.82. The van der Waals surface area contributed by atoms with E-state index < -0.39 is 12.3 Å². The Hall–Kier alpha value is -1.80. The largest absolute Gasteiger partial charge is 0.484 e. The maximum absolute atomic E-state index is 12.8. The summed E-state index contributed by atoms with van der Waals surface area (Å²) in [6, 6.07) is 7.12. The van der Waals surface area contributed by atoms with Crippen molar-refractivity contribution in [3.05, 3.63) is 29.8 Å². The van der Waals surface area contributed by atoms with Gasteiger partial charge in [-0.3, -0.25) is 9.69 Å². The zero-order valence-corrected chi connectivity index (χ0v) is 14.5. The number of ether oxygens (including phenoxy) is 2. The summed E-state index contributed by atoms with van der Waals surface area (Å²) in [6.07, 6.45) is -3.98. The summed E-state index contributed by atoms with van der Waals surface area (Å²) in [4.78, 5) is 15.5. The summed E-state index contributed by atoms with van der Waals surface area (Å²) >= 11 is 0. The summed E-state index contributed by atoms with van der Waals surface area (Å²) < 4.78 is 48.6. The average Bonchev–Trinajstić information content (AvgIpc) is 3.15. The third-order valence-corrected chi connectivity index (χ3v) is 4.67. The van der Waals surface area contributed by atoms with E-state index in [1.807, 2.05) is 12.1 Å². The molecule has 8 heteroatoms. The Morgan fingerprint density at radius 3 is 2.50 bits per heavy atom. The molecule has 1 atom stereocenters. The van der Waals surface area contributed by atoms with Crippen molar-refractivity contribution in [1.82, 2.24) is 9.80 Å². The Labute approximate surface area is 150 Å². The topological polar surface area (TPSA) is 42.0 Å². The van der Waals surface area contributed by atoms with Crippen LogP contribution in [0.15, 0.2) is 24.3 Å². The van der Waals surface area contributed by atoms with Crippen LogP contribution >= 0.6 is 0 Å². The van der Waals surface area contributed by atoms with Gasteiger partial charge in [0.1, 0.15) is 5.75 Å². The highest BCUT2D eigenvalue weighted by atomic mass is 19.4. The maximum atomic E-state index is 12.8. The molecule has 0 N–H and O–H groups in total. The molecule has 0 radical (unpaired) electrons. The molecule has 1 amide bonds. The van der Waals surface area contributed by atoms with E-state index in [9.17, 15) is 18.0 Å². The Balaban J connectivity index is 1.47. The van der Waals surface area contributed by atoms with E-state index in [0.717, 1.165) is 31.5 Å². The molecule has 2 heterocycles. The van der Waals surface area contributed by atoms with Crippen molar-refractivity contribution in [3.63, 3.8) is 0 Å². The lowest BCUT2D eigenvalue weighted by Gasteiger charge is -2.33. The summed E-state index contributed by atoms with van der Waals surface area (Å²) in [7, 11) is 0. The van der Waals surface area contributed by atoms with E-state index in [-0.39, 0.29) is 25.7 Å². The second-order valence-corrected chi connectivity index (χ2v) is 6.66. The van der Waals surface area contributed by atoms with Crippen LogP contribution in [0.2, 0.25) is 0 Å². The predicted molar refractivity (Wildman–Crippen MR) is 88.8 cm³/mol. The molecule has 1 aromatic rings. The Bertz CT molecular complexity index is 601. The number of amides is 1. The molecule has 0 bridgehead atoms. The SMILES string of the molecule is O=C(COc1ccc(CN2CCO[C@@H](C(F)(F)F)C2)cc1)N1CCCC1. The number of benzene rings is 1. The fraction of sp³-hybridized carbons (Fsp3) is 0.611. The van der Waals surface area contributed by atoms with Crippen LogP contribution in [0.1, 0.15) is 18.4 Å². The molecule has 144 valence electrons. The van der Waals surface area contributed by atoms with Crippen LogP contribution in [0.3, 0.4) is 0 Å². The Morgan fingerprint density at radius 1 is 1.15 bits per heavy atom. The standard InChI is InChI=1S/C18H23F3N2O3/c19-18(20,21)16-12-22(9-10-25-16)11-14-3-5-15(6-4-14)26-13-17(24)23-7-1-2-8-23/h3-6,16H,1-2,7-13H2/t16-/m1/s1. The number of nitrogens with zero attached hydrogens (tertiary/aromatic N) is 2. The van der Waals surface area contributed by atoms with E-state index in [2.05, 4.69) is 0 Å². The average molecular weight is 372 g/mol. The van der Waals surface area contributed by atoms with Crippen molar-refractivity contribution < 1.29 is 27.4 Å². The van der Waals surface area contributed by atoms with Crippen molar-refractivity contribution in [2.75, 3.05) is 39.4 Å². The molecule has 0 unspecified atom stereocenters. The number of alkyl halides is 3. The number of carbonyl (C=O) groups is 1. The summed E-state index contributed by atoms with van der Waals surface area (Å²) in [5, 5.41) is 0. The van der Waals surface area contributed by atoms with Gasteiger partial charge in [-0.2, -0.15) is 13.2 Å². The molecule has 2 aliphatic heterocycles. The number of morpholine rings is 1. The molecular formula is C18H23F3N2O3. The van der Waals surface area contributed by atoms with Gasteiger partial charge >= 0.3 is 6.18 Å². The maximum Gasteiger partial charge on any atom is 0.415 e. The normalized spacial score (nSPS) is 21.8. The first kappa shape index (κ1) is 19.0. The monoisotopic (exact) mass is 372 g/mol. The van der Waals surface area contributed by atoms with Gasteiger partial charge in [0.2, 0.25) is 0 Å². The lowest BCUT2D eigenvalue weighted by Crippen LogP contribution is -2.48. The van der Waals surface area contributed by atoms with Gasteiger partial charge in [-0.1, -0.05) is 12.1 Å². The number of carbonyl (C=O) groups excluding carboxylic acids is 1. The number of rotatable bonds is 5. The van der Waals surface area contributed by atoms with Gasteiger partial charge < -0.3 is 14.4 Å². The van der Waals surface area contributed by atoms with Crippen molar-refractivity contribution in [1.29, 1.82) is 0 Å². The summed E-state index contributed by atoms with van der Waals surface area (Å²) in [6.45, 7) is 2.39. The second kappa shape index (κ2) is 8.26. The van der Waals surface area contributed by atoms with Crippen LogP contribution in [-0.2, 0) is 16.1 Å². The van der Waals surface area contributed by atoms with Crippen LogP contribution in [0.5, 0.6) is 5.75 Å². The van der Waals surface area contributed by atoms with Gasteiger partial charge in [-0.05, 0) is 30.5 Å². The summed E-state index contributed by atoms with van der Waals surface area (Å²) in [5.41, 5.74) is 0.894. The van der Waals surface area contributed by atoms with Crippen LogP contribution in [0.4, 0.5) is 13.2 Å². The molecule has 1 aromatic carbocycles. The van der Waals surface area contributed by atoms with E-state index >= 15 is 0 Å². The van der Waals surface area contributed by atoms with Gasteiger partial charge in [0.05, 0.1) is 6.61 Å². The number of hydrogen-bond donors (Lipinski definition) is 0. The smallest absolute Gasteiger partial charge is 0.415 e. The van der Waals surface area contributed by atoms with E-state index in [1.165, 1.54) is 0 Å². The molecule has 2 aliphatic rings. The highest BCUT2D eigenvalue weighted by Gasteiger charge is 2.43. The number of halogens is 3. The highest BCUT2D eigenvalue weighted by molar-refractivity contribution is 5.78.